The molecule has 0 atom stereocenters. The Morgan fingerprint density at radius 1 is 1.10 bits per heavy atom. The van der Waals surface area contributed by atoms with E-state index in [1.165, 1.54) is 12.1 Å². The predicted octanol–water partition coefficient (Wildman–Crippen LogP) is 2.91. The Morgan fingerprint density at radius 3 is 2.24 bits per heavy atom. The number of hydrogen-bond acceptors (Lipinski definition) is 3. The molecule has 0 saturated carbocycles. The quantitative estimate of drug-likeness (QED) is 0.887. The van der Waals surface area contributed by atoms with E-state index in [9.17, 15) is 9.90 Å². The lowest BCUT2D eigenvalue weighted by Gasteiger charge is -2.22. The van der Waals surface area contributed by atoms with Gasteiger partial charge in [0.15, 0.2) is 0 Å². The highest BCUT2D eigenvalue weighted by Gasteiger charge is 2.16. The van der Waals surface area contributed by atoms with Gasteiger partial charge in [0.05, 0.1) is 0 Å². The first kappa shape index (κ1) is 15.1. The van der Waals surface area contributed by atoms with Crippen LogP contribution in [0, 0.1) is 0 Å². The van der Waals surface area contributed by atoms with E-state index in [0.29, 0.717) is 18.7 Å². The predicted molar refractivity (Wildman–Crippen MR) is 84.4 cm³/mol. The van der Waals surface area contributed by atoms with Crippen LogP contribution in [0.15, 0.2) is 48.5 Å². The fourth-order valence-electron chi connectivity index (χ4n) is 2.14. The smallest absolute Gasteiger partial charge is 0.258 e. The summed E-state index contributed by atoms with van der Waals surface area (Å²) in [5, 5.41) is 9.32. The molecule has 0 aliphatic carbocycles. The minimum absolute atomic E-state index is 0.0719. The van der Waals surface area contributed by atoms with Crippen molar-refractivity contribution in [3.05, 3.63) is 59.7 Å². The van der Waals surface area contributed by atoms with E-state index in [2.05, 4.69) is 0 Å². The number of rotatable bonds is 5. The first-order valence-corrected chi connectivity index (χ1v) is 7.05. The molecule has 2 aromatic carbocycles. The molecule has 110 valence electrons. The zero-order chi connectivity index (χ0) is 15.2. The number of nitrogens with zero attached hydrogens (tertiary/aromatic N) is 1. The summed E-state index contributed by atoms with van der Waals surface area (Å²) < 4.78 is 0. The van der Waals surface area contributed by atoms with E-state index in [1.807, 2.05) is 31.2 Å². The molecule has 0 bridgehead atoms. The SMILES string of the molecule is CCCN(C(=O)c1ccc(O)cc1)c1ccc(CN)cc1. The van der Waals surface area contributed by atoms with Gasteiger partial charge in [-0.15, -0.1) is 0 Å². The number of aromatic hydroxyl groups is 1. The number of anilines is 1. The highest BCUT2D eigenvalue weighted by atomic mass is 16.3. The molecule has 0 aliphatic rings. The van der Waals surface area contributed by atoms with Crippen molar-refractivity contribution in [1.82, 2.24) is 0 Å². The zero-order valence-corrected chi connectivity index (χ0v) is 12.1. The molecular formula is C17H20N2O2. The van der Waals surface area contributed by atoms with Crippen LogP contribution >= 0.6 is 0 Å². The number of phenolic OH excluding ortho intramolecular Hbond substituents is 1. The summed E-state index contributed by atoms with van der Waals surface area (Å²) in [5.41, 5.74) is 8.04. The highest BCUT2D eigenvalue weighted by Crippen LogP contribution is 2.20. The summed E-state index contributed by atoms with van der Waals surface area (Å²) in [4.78, 5) is 14.4. The summed E-state index contributed by atoms with van der Waals surface area (Å²) in [7, 11) is 0. The van der Waals surface area contributed by atoms with Gasteiger partial charge in [-0.3, -0.25) is 4.79 Å². The molecule has 4 nitrogen and oxygen atoms in total. The lowest BCUT2D eigenvalue weighted by atomic mass is 10.1. The van der Waals surface area contributed by atoms with Gasteiger partial charge in [-0.05, 0) is 48.4 Å². The molecule has 2 rings (SSSR count). The van der Waals surface area contributed by atoms with Gasteiger partial charge in [0.2, 0.25) is 0 Å². The Bertz CT molecular complexity index is 591. The number of benzene rings is 2. The Morgan fingerprint density at radius 2 is 1.71 bits per heavy atom. The topological polar surface area (TPSA) is 66.6 Å². The van der Waals surface area contributed by atoms with Crippen molar-refractivity contribution < 1.29 is 9.90 Å². The van der Waals surface area contributed by atoms with Crippen LogP contribution in [0.1, 0.15) is 29.3 Å². The maximum atomic E-state index is 12.6. The van der Waals surface area contributed by atoms with Crippen LogP contribution in [-0.2, 0) is 6.54 Å². The van der Waals surface area contributed by atoms with Gasteiger partial charge in [-0.25, -0.2) is 0 Å². The first-order chi connectivity index (χ1) is 10.2. The van der Waals surface area contributed by atoms with Crippen LogP contribution < -0.4 is 10.6 Å². The fourth-order valence-corrected chi connectivity index (χ4v) is 2.14. The van der Waals surface area contributed by atoms with Crippen LogP contribution in [0.4, 0.5) is 5.69 Å². The minimum atomic E-state index is -0.0719. The fraction of sp³-hybridized carbons (Fsp3) is 0.235. The summed E-state index contributed by atoms with van der Waals surface area (Å²) >= 11 is 0. The molecule has 3 N–H and O–H groups in total. The van der Waals surface area contributed by atoms with Crippen LogP contribution in [0.25, 0.3) is 0 Å². The Kier molecular flexibility index (Phi) is 4.95. The van der Waals surface area contributed by atoms with Crippen molar-refractivity contribution in [2.24, 2.45) is 5.73 Å². The number of carbonyl (C=O) groups excluding carboxylic acids is 1. The van der Waals surface area contributed by atoms with Crippen molar-refractivity contribution >= 4 is 11.6 Å². The maximum Gasteiger partial charge on any atom is 0.258 e. The molecule has 0 unspecified atom stereocenters. The van der Waals surface area contributed by atoms with Crippen LogP contribution in [0.5, 0.6) is 5.75 Å². The minimum Gasteiger partial charge on any atom is -0.508 e. The van der Waals surface area contributed by atoms with E-state index < -0.39 is 0 Å². The molecule has 0 aromatic heterocycles. The van der Waals surface area contributed by atoms with Gasteiger partial charge in [0, 0.05) is 24.3 Å². The molecule has 0 saturated heterocycles. The third-order valence-corrected chi connectivity index (χ3v) is 3.29. The molecule has 0 heterocycles. The molecule has 0 aliphatic heterocycles. The summed E-state index contributed by atoms with van der Waals surface area (Å²) in [6.45, 7) is 3.16. The summed E-state index contributed by atoms with van der Waals surface area (Å²) in [6, 6.07) is 14.0. The van der Waals surface area contributed by atoms with Crippen molar-refractivity contribution in [3.8, 4) is 5.75 Å². The van der Waals surface area contributed by atoms with E-state index >= 15 is 0 Å². The molecule has 21 heavy (non-hydrogen) atoms. The van der Waals surface area contributed by atoms with Gasteiger partial charge in [0.1, 0.15) is 5.75 Å². The largest absolute Gasteiger partial charge is 0.508 e. The Hall–Kier alpha value is -2.33. The number of amides is 1. The Balaban J connectivity index is 2.28. The standard InChI is InChI=1S/C17H20N2O2/c1-2-11-19(15-7-3-13(12-18)4-8-15)17(21)14-5-9-16(20)10-6-14/h3-10,20H,2,11-12,18H2,1H3. The molecule has 0 radical (unpaired) electrons. The van der Waals surface area contributed by atoms with Gasteiger partial charge in [0.25, 0.3) is 5.91 Å². The second kappa shape index (κ2) is 6.90. The van der Waals surface area contributed by atoms with Crippen molar-refractivity contribution in [2.45, 2.75) is 19.9 Å². The van der Waals surface area contributed by atoms with E-state index in [4.69, 9.17) is 5.73 Å². The van der Waals surface area contributed by atoms with Crippen molar-refractivity contribution in [1.29, 1.82) is 0 Å². The maximum absolute atomic E-state index is 12.6. The highest BCUT2D eigenvalue weighted by molar-refractivity contribution is 6.06. The molecule has 4 heteroatoms. The molecule has 1 amide bonds. The second-order valence-corrected chi connectivity index (χ2v) is 4.87. The second-order valence-electron chi connectivity index (χ2n) is 4.87. The van der Waals surface area contributed by atoms with Gasteiger partial charge >= 0.3 is 0 Å². The van der Waals surface area contributed by atoms with E-state index in [1.54, 1.807) is 17.0 Å². The molecule has 0 fully saturated rings. The number of carbonyl (C=O) groups is 1. The normalized spacial score (nSPS) is 10.4. The van der Waals surface area contributed by atoms with Gasteiger partial charge in [-0.2, -0.15) is 0 Å². The number of phenols is 1. The average molecular weight is 284 g/mol. The van der Waals surface area contributed by atoms with E-state index in [0.717, 1.165) is 17.7 Å². The number of hydrogen-bond donors (Lipinski definition) is 2. The van der Waals surface area contributed by atoms with Crippen molar-refractivity contribution in [2.75, 3.05) is 11.4 Å². The van der Waals surface area contributed by atoms with Crippen LogP contribution in [-0.4, -0.2) is 17.6 Å². The Labute approximate surface area is 124 Å². The van der Waals surface area contributed by atoms with Gasteiger partial charge < -0.3 is 15.7 Å². The lowest BCUT2D eigenvalue weighted by molar-refractivity contribution is 0.0987. The van der Waals surface area contributed by atoms with Crippen LogP contribution in [0.2, 0.25) is 0 Å². The number of nitrogens with two attached hydrogens (primary N) is 1. The first-order valence-electron chi connectivity index (χ1n) is 7.05. The summed E-state index contributed by atoms with van der Waals surface area (Å²) in [5.74, 6) is 0.0817. The third kappa shape index (κ3) is 3.61. The van der Waals surface area contributed by atoms with Crippen molar-refractivity contribution in [3.63, 3.8) is 0 Å². The van der Waals surface area contributed by atoms with E-state index in [-0.39, 0.29) is 11.7 Å². The van der Waals surface area contributed by atoms with Gasteiger partial charge in [-0.1, -0.05) is 19.1 Å². The molecule has 2 aromatic rings. The lowest BCUT2D eigenvalue weighted by Crippen LogP contribution is -2.31. The zero-order valence-electron chi connectivity index (χ0n) is 12.1. The monoisotopic (exact) mass is 284 g/mol. The molecule has 0 spiro atoms. The average Bonchev–Trinajstić information content (AvgIpc) is 2.53. The van der Waals surface area contributed by atoms with Crippen LogP contribution in [0.3, 0.4) is 0 Å². The molecular weight excluding hydrogens is 264 g/mol. The third-order valence-electron chi connectivity index (χ3n) is 3.29. The summed E-state index contributed by atoms with van der Waals surface area (Å²) in [6.07, 6.45) is 0.864.